The molecule has 2 heterocycles. The number of nitrogens with zero attached hydrogens (tertiary/aromatic N) is 3. The maximum Gasteiger partial charge on any atom is 0.335 e. The first-order valence-electron chi connectivity index (χ1n) is 7.22. The van der Waals surface area contributed by atoms with Crippen LogP contribution in [0, 0.1) is 0 Å². The normalized spacial score (nSPS) is 10.9. The number of pyridine rings is 1. The fraction of sp³-hybridized carbons (Fsp3) is 0.0556. The number of ether oxygens (including phenoxy) is 1. The van der Waals surface area contributed by atoms with Gasteiger partial charge in [-0.1, -0.05) is 0 Å². The molecule has 6 nitrogen and oxygen atoms in total. The van der Waals surface area contributed by atoms with E-state index >= 15 is 0 Å². The zero-order valence-corrected chi connectivity index (χ0v) is 13.0. The number of hydrogen-bond acceptors (Lipinski definition) is 4. The number of benzene rings is 1. The van der Waals surface area contributed by atoms with Gasteiger partial charge in [-0.15, -0.1) is 0 Å². The monoisotopic (exact) mass is 321 g/mol. The van der Waals surface area contributed by atoms with Crippen molar-refractivity contribution in [1.82, 2.24) is 9.55 Å². The van der Waals surface area contributed by atoms with Gasteiger partial charge in [0, 0.05) is 18.0 Å². The first kappa shape index (κ1) is 15.5. The van der Waals surface area contributed by atoms with Crippen LogP contribution in [0.5, 0.6) is 5.88 Å². The van der Waals surface area contributed by atoms with E-state index in [1.165, 1.54) is 0 Å². The smallest absolute Gasteiger partial charge is 0.335 e. The molecule has 0 saturated carbocycles. The number of carboxylic acid groups (broad SMARTS) is 1. The predicted octanol–water partition coefficient (Wildman–Crippen LogP) is 3.33. The highest BCUT2D eigenvalue weighted by atomic mass is 16.5. The molecule has 24 heavy (non-hydrogen) atoms. The Hall–Kier alpha value is -3.41. The number of aromatic carboxylic acids is 1. The van der Waals surface area contributed by atoms with Crippen LogP contribution in [0.4, 0.5) is 5.69 Å². The summed E-state index contributed by atoms with van der Waals surface area (Å²) in [6, 6.07) is 14.1. The van der Waals surface area contributed by atoms with E-state index in [0.717, 1.165) is 11.4 Å². The molecule has 6 heteroatoms. The first-order chi connectivity index (χ1) is 11.7. The summed E-state index contributed by atoms with van der Waals surface area (Å²) in [6.45, 7) is 0. The highest BCUT2D eigenvalue weighted by molar-refractivity contribution is 5.88. The number of carboxylic acids is 1. The van der Waals surface area contributed by atoms with Crippen molar-refractivity contribution in [2.75, 3.05) is 7.11 Å². The van der Waals surface area contributed by atoms with E-state index in [1.54, 1.807) is 49.9 Å². The van der Waals surface area contributed by atoms with Crippen LogP contribution in [-0.2, 0) is 0 Å². The standard InChI is InChI=1S/C18H15N3O3/c1-24-17-9-6-14(11-20-17)19-12-16-3-2-10-21(16)15-7-4-13(5-8-15)18(22)23/h2-12H,1H3,(H,22,23). The number of aliphatic imine (C=N–C) groups is 1. The van der Waals surface area contributed by atoms with Gasteiger partial charge >= 0.3 is 5.97 Å². The summed E-state index contributed by atoms with van der Waals surface area (Å²) in [4.78, 5) is 19.4. The topological polar surface area (TPSA) is 76.7 Å². The average molecular weight is 321 g/mol. The molecule has 0 unspecified atom stereocenters. The van der Waals surface area contributed by atoms with Gasteiger partial charge in [-0.25, -0.2) is 9.78 Å². The van der Waals surface area contributed by atoms with Crippen molar-refractivity contribution in [2.24, 2.45) is 4.99 Å². The largest absolute Gasteiger partial charge is 0.481 e. The average Bonchev–Trinajstić information content (AvgIpc) is 3.09. The number of aromatic nitrogens is 2. The minimum absolute atomic E-state index is 0.255. The molecule has 3 rings (SSSR count). The van der Waals surface area contributed by atoms with Gasteiger partial charge < -0.3 is 14.4 Å². The van der Waals surface area contributed by atoms with Crippen LogP contribution in [0.25, 0.3) is 5.69 Å². The van der Waals surface area contributed by atoms with E-state index in [1.807, 2.05) is 29.0 Å². The van der Waals surface area contributed by atoms with Crippen LogP contribution in [0.1, 0.15) is 16.1 Å². The first-order valence-corrected chi connectivity index (χ1v) is 7.22. The molecule has 0 aliphatic carbocycles. The summed E-state index contributed by atoms with van der Waals surface area (Å²) in [5, 5.41) is 8.97. The van der Waals surface area contributed by atoms with Crippen molar-refractivity contribution in [3.05, 3.63) is 72.2 Å². The second-order valence-corrected chi connectivity index (χ2v) is 4.97. The summed E-state index contributed by atoms with van der Waals surface area (Å²) in [5.74, 6) is -0.404. The van der Waals surface area contributed by atoms with Gasteiger partial charge in [0.1, 0.15) is 0 Å². The third-order valence-electron chi connectivity index (χ3n) is 3.45. The molecule has 0 aliphatic heterocycles. The fourth-order valence-corrected chi connectivity index (χ4v) is 2.21. The molecule has 0 aliphatic rings. The molecule has 1 aromatic carbocycles. The van der Waals surface area contributed by atoms with Crippen molar-refractivity contribution in [3.63, 3.8) is 0 Å². The van der Waals surface area contributed by atoms with Crippen molar-refractivity contribution in [1.29, 1.82) is 0 Å². The lowest BCUT2D eigenvalue weighted by Crippen LogP contribution is -2.00. The van der Waals surface area contributed by atoms with Crippen LogP contribution in [-0.4, -0.2) is 34.0 Å². The lowest BCUT2D eigenvalue weighted by Gasteiger charge is -2.06. The van der Waals surface area contributed by atoms with E-state index in [2.05, 4.69) is 9.98 Å². The zero-order valence-electron chi connectivity index (χ0n) is 13.0. The van der Waals surface area contributed by atoms with Crippen molar-refractivity contribution >= 4 is 17.9 Å². The Morgan fingerprint density at radius 3 is 2.62 bits per heavy atom. The number of rotatable bonds is 5. The molecular weight excluding hydrogens is 306 g/mol. The Bertz CT molecular complexity index is 865. The molecular formula is C18H15N3O3. The molecule has 0 radical (unpaired) electrons. The molecule has 120 valence electrons. The van der Waals surface area contributed by atoms with Gasteiger partial charge in [0.25, 0.3) is 0 Å². The van der Waals surface area contributed by atoms with Gasteiger partial charge in [0.05, 0.1) is 36.5 Å². The summed E-state index contributed by atoms with van der Waals surface area (Å²) in [6.07, 6.45) is 5.25. The summed E-state index contributed by atoms with van der Waals surface area (Å²) < 4.78 is 6.94. The molecule has 0 amide bonds. The maximum absolute atomic E-state index is 10.9. The Morgan fingerprint density at radius 1 is 1.21 bits per heavy atom. The van der Waals surface area contributed by atoms with Crippen LogP contribution < -0.4 is 4.74 Å². The second kappa shape index (κ2) is 6.78. The van der Waals surface area contributed by atoms with E-state index in [-0.39, 0.29) is 5.56 Å². The van der Waals surface area contributed by atoms with Gasteiger partial charge in [0.2, 0.25) is 5.88 Å². The number of hydrogen-bond donors (Lipinski definition) is 1. The Morgan fingerprint density at radius 2 is 2.00 bits per heavy atom. The van der Waals surface area contributed by atoms with Crippen LogP contribution in [0.2, 0.25) is 0 Å². The van der Waals surface area contributed by atoms with E-state index in [4.69, 9.17) is 9.84 Å². The quantitative estimate of drug-likeness (QED) is 0.731. The molecule has 0 atom stereocenters. The Kier molecular flexibility index (Phi) is 4.38. The van der Waals surface area contributed by atoms with Crippen LogP contribution in [0.15, 0.2) is 65.9 Å². The third kappa shape index (κ3) is 3.33. The molecule has 3 aromatic rings. The second-order valence-electron chi connectivity index (χ2n) is 4.97. The number of carbonyl (C=O) groups is 1. The van der Waals surface area contributed by atoms with Gasteiger partial charge in [0.15, 0.2) is 0 Å². The highest BCUT2D eigenvalue weighted by Crippen LogP contribution is 2.16. The van der Waals surface area contributed by atoms with Crippen molar-refractivity contribution in [2.45, 2.75) is 0 Å². The van der Waals surface area contributed by atoms with E-state index < -0.39 is 5.97 Å². The van der Waals surface area contributed by atoms with Gasteiger partial charge in [-0.05, 0) is 42.5 Å². The van der Waals surface area contributed by atoms with Gasteiger partial charge in [-0.2, -0.15) is 0 Å². The van der Waals surface area contributed by atoms with Crippen molar-refractivity contribution in [3.8, 4) is 11.6 Å². The lowest BCUT2D eigenvalue weighted by molar-refractivity contribution is 0.0697. The minimum atomic E-state index is -0.942. The summed E-state index contributed by atoms with van der Waals surface area (Å²) in [7, 11) is 1.56. The molecule has 0 spiro atoms. The van der Waals surface area contributed by atoms with Crippen molar-refractivity contribution < 1.29 is 14.6 Å². The third-order valence-corrected chi connectivity index (χ3v) is 3.45. The van der Waals surface area contributed by atoms with E-state index in [0.29, 0.717) is 11.6 Å². The molecule has 0 bridgehead atoms. The maximum atomic E-state index is 10.9. The summed E-state index contributed by atoms with van der Waals surface area (Å²) >= 11 is 0. The lowest BCUT2D eigenvalue weighted by atomic mass is 10.2. The molecule has 0 fully saturated rings. The summed E-state index contributed by atoms with van der Waals surface area (Å²) in [5.41, 5.74) is 2.70. The predicted molar refractivity (Wildman–Crippen MR) is 90.8 cm³/mol. The van der Waals surface area contributed by atoms with Crippen LogP contribution >= 0.6 is 0 Å². The minimum Gasteiger partial charge on any atom is -0.481 e. The highest BCUT2D eigenvalue weighted by Gasteiger charge is 2.05. The van der Waals surface area contributed by atoms with Gasteiger partial charge in [-0.3, -0.25) is 4.99 Å². The van der Waals surface area contributed by atoms with Crippen LogP contribution in [0.3, 0.4) is 0 Å². The Balaban J connectivity index is 1.84. The SMILES string of the molecule is COc1ccc(N=Cc2cccn2-c2ccc(C(=O)O)cc2)cn1. The Labute approximate surface area is 138 Å². The zero-order chi connectivity index (χ0) is 16.9. The molecule has 0 saturated heterocycles. The van der Waals surface area contributed by atoms with E-state index in [9.17, 15) is 4.79 Å². The molecule has 1 N–H and O–H groups in total. The molecule has 2 aromatic heterocycles. The fourth-order valence-electron chi connectivity index (χ4n) is 2.21. The number of methoxy groups -OCH3 is 1.